The molecule has 2 aromatic rings. The molecule has 1 aliphatic carbocycles. The van der Waals surface area contributed by atoms with Crippen molar-refractivity contribution in [2.24, 2.45) is 10.6 Å². The number of pyridine rings is 1. The smallest absolute Gasteiger partial charge is 0.259 e. The number of carbonyl (C=O) groups is 1. The summed E-state index contributed by atoms with van der Waals surface area (Å²) >= 11 is 0. The molecule has 7 nitrogen and oxygen atoms in total. The molecule has 1 aliphatic heterocycles. The van der Waals surface area contributed by atoms with Gasteiger partial charge >= 0.3 is 0 Å². The largest absolute Gasteiger partial charge is 0.356 e. The summed E-state index contributed by atoms with van der Waals surface area (Å²) in [6.45, 7) is 4.82. The van der Waals surface area contributed by atoms with Gasteiger partial charge in [0, 0.05) is 37.3 Å². The van der Waals surface area contributed by atoms with E-state index in [1.165, 1.54) is 18.2 Å². The summed E-state index contributed by atoms with van der Waals surface area (Å²) in [4.78, 5) is 19.9. The predicted octanol–water partition coefficient (Wildman–Crippen LogP) is 4.12. The molecule has 0 spiro atoms. The topological polar surface area (TPSA) is 105 Å². The molecule has 0 atom stereocenters. The molecule has 0 bridgehead atoms. The van der Waals surface area contributed by atoms with Crippen LogP contribution in [0.4, 0.5) is 20.3 Å². The van der Waals surface area contributed by atoms with Gasteiger partial charge in [0.25, 0.3) is 5.91 Å². The van der Waals surface area contributed by atoms with Crippen LogP contribution in [0.2, 0.25) is 0 Å². The number of amides is 1. The van der Waals surface area contributed by atoms with Gasteiger partial charge in [0.05, 0.1) is 10.5 Å². The van der Waals surface area contributed by atoms with Crippen molar-refractivity contribution in [1.29, 1.82) is 0 Å². The summed E-state index contributed by atoms with van der Waals surface area (Å²) in [5.41, 5.74) is 2.51. The lowest BCUT2D eigenvalue weighted by atomic mass is 9.75. The molecule has 34 heavy (non-hydrogen) atoms. The summed E-state index contributed by atoms with van der Waals surface area (Å²) in [5.74, 6) is -2.81. The molecule has 2 aliphatic rings. The Morgan fingerprint density at radius 2 is 1.91 bits per heavy atom. The van der Waals surface area contributed by atoms with E-state index >= 15 is 0 Å². The number of anilines is 2. The number of benzene rings is 1. The zero-order chi connectivity index (χ0) is 24.7. The second kappa shape index (κ2) is 8.88. The van der Waals surface area contributed by atoms with Gasteiger partial charge in [0.1, 0.15) is 5.82 Å². The highest BCUT2D eigenvalue weighted by molar-refractivity contribution is 7.89. The van der Waals surface area contributed by atoms with Crippen molar-refractivity contribution >= 4 is 27.4 Å². The van der Waals surface area contributed by atoms with E-state index in [-0.39, 0.29) is 35.4 Å². The number of carbonyl (C=O) groups excluding carboxylic acids is 1. The average Bonchev–Trinajstić information content (AvgIpc) is 2.92. The molecular weight excluding hydrogens is 462 g/mol. The van der Waals surface area contributed by atoms with Crippen molar-refractivity contribution in [3.05, 3.63) is 47.2 Å². The summed E-state index contributed by atoms with van der Waals surface area (Å²) in [6.07, 6.45) is 2.29. The van der Waals surface area contributed by atoms with E-state index in [9.17, 15) is 22.0 Å². The molecule has 1 aromatic carbocycles. The Bertz CT molecular complexity index is 1210. The van der Waals surface area contributed by atoms with Crippen molar-refractivity contribution in [2.75, 3.05) is 23.3 Å². The molecule has 184 valence electrons. The minimum Gasteiger partial charge on any atom is -0.356 e. The van der Waals surface area contributed by atoms with Gasteiger partial charge in [0.15, 0.2) is 0 Å². The van der Waals surface area contributed by atoms with Gasteiger partial charge in [-0.05, 0) is 60.9 Å². The van der Waals surface area contributed by atoms with Crippen LogP contribution in [0.25, 0.3) is 0 Å². The van der Waals surface area contributed by atoms with E-state index in [1.807, 2.05) is 6.07 Å². The van der Waals surface area contributed by atoms with Gasteiger partial charge in [-0.2, -0.15) is 0 Å². The van der Waals surface area contributed by atoms with E-state index in [0.717, 1.165) is 30.5 Å². The minimum atomic E-state index is -3.93. The van der Waals surface area contributed by atoms with Crippen LogP contribution < -0.4 is 15.4 Å². The highest BCUT2D eigenvalue weighted by atomic mass is 32.2. The van der Waals surface area contributed by atoms with Gasteiger partial charge < -0.3 is 10.2 Å². The molecule has 1 fully saturated rings. The fourth-order valence-corrected chi connectivity index (χ4v) is 5.20. The quantitative estimate of drug-likeness (QED) is 0.668. The molecule has 1 saturated heterocycles. The van der Waals surface area contributed by atoms with Gasteiger partial charge in [0.2, 0.25) is 15.9 Å². The number of hydrogen-bond acceptors (Lipinski definition) is 5. The Labute approximate surface area is 198 Å². The number of fused-ring (bicyclic) bond motifs is 1. The number of hydrogen-bond donors (Lipinski definition) is 2. The Kier molecular flexibility index (Phi) is 6.41. The first-order valence-corrected chi connectivity index (χ1v) is 13.0. The Balaban J connectivity index is 1.71. The Morgan fingerprint density at radius 3 is 2.65 bits per heavy atom. The van der Waals surface area contributed by atoms with E-state index in [2.05, 4.69) is 19.2 Å². The average molecular weight is 493 g/mol. The zero-order valence-corrected chi connectivity index (χ0v) is 20.2. The maximum Gasteiger partial charge on any atom is 0.259 e. The first kappa shape index (κ1) is 24.5. The SMILES string of the molecule is CC1(C)CCc2nc(N3CCCC(F)(F)CC3)c(C(=O)Nc3cccc(S(N)(=O)=O)c3)cc2C1. The molecule has 4 rings (SSSR count). The minimum absolute atomic E-state index is 0.0679. The molecule has 10 heteroatoms. The molecule has 1 aromatic heterocycles. The van der Waals surface area contributed by atoms with Crippen LogP contribution in [-0.2, 0) is 22.9 Å². The molecule has 0 unspecified atom stereocenters. The third-order valence-corrected chi connectivity index (χ3v) is 7.47. The number of alkyl halides is 2. The highest BCUT2D eigenvalue weighted by Crippen LogP contribution is 2.37. The third kappa shape index (κ3) is 5.55. The number of aromatic nitrogens is 1. The normalized spacial score (nSPS) is 19.7. The summed E-state index contributed by atoms with van der Waals surface area (Å²) in [5, 5.41) is 7.95. The maximum atomic E-state index is 14.0. The molecule has 0 radical (unpaired) electrons. The van der Waals surface area contributed by atoms with Crippen LogP contribution in [0.5, 0.6) is 0 Å². The van der Waals surface area contributed by atoms with Gasteiger partial charge in [-0.3, -0.25) is 4.79 Å². The Hall–Kier alpha value is -2.59. The van der Waals surface area contributed by atoms with E-state index in [1.54, 1.807) is 11.0 Å². The fraction of sp³-hybridized carbons (Fsp3) is 0.500. The molecule has 2 heterocycles. The second-order valence-electron chi connectivity index (χ2n) is 10.0. The highest BCUT2D eigenvalue weighted by Gasteiger charge is 2.34. The Morgan fingerprint density at radius 1 is 1.15 bits per heavy atom. The number of rotatable bonds is 4. The van der Waals surface area contributed by atoms with Gasteiger partial charge in [-0.15, -0.1) is 0 Å². The summed E-state index contributed by atoms with van der Waals surface area (Å²) < 4.78 is 51.4. The van der Waals surface area contributed by atoms with Crippen LogP contribution in [-0.4, -0.2) is 38.3 Å². The fourth-order valence-electron chi connectivity index (χ4n) is 4.65. The summed E-state index contributed by atoms with van der Waals surface area (Å²) in [7, 11) is -3.93. The van der Waals surface area contributed by atoms with Crippen LogP contribution in [0.1, 0.15) is 61.1 Å². The van der Waals surface area contributed by atoms with Crippen LogP contribution >= 0.6 is 0 Å². The van der Waals surface area contributed by atoms with Crippen molar-refractivity contribution in [1.82, 2.24) is 4.98 Å². The lowest BCUT2D eigenvalue weighted by Crippen LogP contribution is -2.31. The molecule has 3 N–H and O–H groups in total. The molecule has 1 amide bonds. The van der Waals surface area contributed by atoms with E-state index in [0.29, 0.717) is 24.3 Å². The van der Waals surface area contributed by atoms with E-state index < -0.39 is 21.9 Å². The van der Waals surface area contributed by atoms with Crippen molar-refractivity contribution < 1.29 is 22.0 Å². The number of sulfonamides is 1. The monoisotopic (exact) mass is 492 g/mol. The first-order chi connectivity index (χ1) is 15.8. The maximum absolute atomic E-state index is 14.0. The number of nitrogens with two attached hydrogens (primary N) is 1. The number of primary sulfonamides is 1. The first-order valence-electron chi connectivity index (χ1n) is 11.4. The van der Waals surface area contributed by atoms with E-state index in [4.69, 9.17) is 10.1 Å². The number of nitrogens with zero attached hydrogens (tertiary/aromatic N) is 2. The number of nitrogens with one attached hydrogen (secondary N) is 1. The van der Waals surface area contributed by atoms with Gasteiger partial charge in [-0.25, -0.2) is 27.3 Å². The predicted molar refractivity (Wildman–Crippen MR) is 127 cm³/mol. The lowest BCUT2D eigenvalue weighted by molar-refractivity contribution is -0.0102. The molecule has 0 saturated carbocycles. The lowest BCUT2D eigenvalue weighted by Gasteiger charge is -2.33. The van der Waals surface area contributed by atoms with Crippen LogP contribution in [0.15, 0.2) is 35.2 Å². The van der Waals surface area contributed by atoms with Crippen molar-refractivity contribution in [3.63, 3.8) is 0 Å². The standard InChI is InChI=1S/C24H30F2N4O3S/c1-23(2)9-7-20-16(15-23)13-19(21(29-20)30-11-4-8-24(25,26)10-12-30)22(31)28-17-5-3-6-18(14-17)34(27,32)33/h3,5-6,13-14H,4,7-12,15H2,1-2H3,(H,28,31)(H2,27,32,33). The van der Waals surface area contributed by atoms with Crippen molar-refractivity contribution in [2.45, 2.75) is 63.2 Å². The zero-order valence-electron chi connectivity index (χ0n) is 19.4. The van der Waals surface area contributed by atoms with Crippen LogP contribution in [0.3, 0.4) is 0 Å². The second-order valence-corrected chi connectivity index (χ2v) is 11.6. The number of aryl methyl sites for hydroxylation is 1. The van der Waals surface area contributed by atoms with Crippen LogP contribution in [0, 0.1) is 5.41 Å². The number of halogens is 2. The van der Waals surface area contributed by atoms with Gasteiger partial charge in [-0.1, -0.05) is 19.9 Å². The molecular formula is C24H30F2N4O3S. The van der Waals surface area contributed by atoms with Crippen molar-refractivity contribution in [3.8, 4) is 0 Å². The summed E-state index contributed by atoms with van der Waals surface area (Å²) in [6, 6.07) is 7.50. The third-order valence-electron chi connectivity index (χ3n) is 6.56.